The van der Waals surface area contributed by atoms with Gasteiger partial charge in [-0.15, -0.1) is 0 Å². The highest BCUT2D eigenvalue weighted by Gasteiger charge is 1.89. The molecule has 0 aliphatic carbocycles. The van der Waals surface area contributed by atoms with E-state index in [0.717, 1.165) is 6.42 Å². The average Bonchev–Trinajstić information content (AvgIpc) is 2.05. The van der Waals surface area contributed by atoms with Gasteiger partial charge in [0.05, 0.1) is 7.11 Å². The third-order valence-electron chi connectivity index (χ3n) is 0.868. The summed E-state index contributed by atoms with van der Waals surface area (Å²) in [7, 11) is 1.47. The first-order valence-corrected chi connectivity index (χ1v) is 3.39. The maximum atomic E-state index is 9.88. The minimum Gasteiger partial charge on any atom is -0.467 e. The van der Waals surface area contributed by atoms with Gasteiger partial charge in [0.15, 0.2) is 0 Å². The largest absolute Gasteiger partial charge is 0.467 e. The number of aldehydes is 1. The monoisotopic (exact) mass is 156 g/mol. The van der Waals surface area contributed by atoms with E-state index in [2.05, 4.69) is 9.98 Å². The number of amidine groups is 1. The van der Waals surface area contributed by atoms with Gasteiger partial charge in [-0.3, -0.25) is 0 Å². The molecule has 0 bridgehead atoms. The van der Waals surface area contributed by atoms with Gasteiger partial charge in [-0.2, -0.15) is 0 Å². The molecule has 0 atom stereocenters. The van der Waals surface area contributed by atoms with Crippen LogP contribution in [-0.2, 0) is 9.53 Å². The topological polar surface area (TPSA) is 51.0 Å². The minimum atomic E-state index is 0.101. The molecule has 0 N–H and O–H groups in total. The molecule has 0 aliphatic heterocycles. The van der Waals surface area contributed by atoms with E-state index < -0.39 is 0 Å². The molecule has 0 aromatic carbocycles. The lowest BCUT2D eigenvalue weighted by Crippen LogP contribution is -1.99. The summed E-state index contributed by atoms with van der Waals surface area (Å²) >= 11 is 0. The molecule has 0 radical (unpaired) electrons. The molecule has 4 nitrogen and oxygen atoms in total. The summed E-state index contributed by atoms with van der Waals surface area (Å²) in [6.45, 7) is 2.06. The van der Waals surface area contributed by atoms with Gasteiger partial charge in [0.1, 0.15) is 12.8 Å². The lowest BCUT2D eigenvalue weighted by Gasteiger charge is -1.94. The van der Waals surface area contributed by atoms with Crippen molar-refractivity contribution in [1.29, 1.82) is 0 Å². The zero-order valence-electron chi connectivity index (χ0n) is 6.78. The predicted molar refractivity (Wildman–Crippen MR) is 44.2 cm³/mol. The van der Waals surface area contributed by atoms with Crippen molar-refractivity contribution in [3.63, 3.8) is 0 Å². The van der Waals surface area contributed by atoms with Crippen LogP contribution in [0.4, 0.5) is 0 Å². The average molecular weight is 156 g/mol. The fraction of sp³-hybridized carbons (Fsp3) is 0.571. The number of hydrogen-bond donors (Lipinski definition) is 0. The number of rotatable bonds is 3. The fourth-order valence-corrected chi connectivity index (χ4v) is 0.443. The summed E-state index contributed by atoms with van der Waals surface area (Å²) in [6.07, 6.45) is 3.19. The van der Waals surface area contributed by atoms with Crippen LogP contribution in [0.2, 0.25) is 0 Å². The molecular formula is C7H12N2O2. The highest BCUT2D eigenvalue weighted by Crippen LogP contribution is 1.82. The fourth-order valence-electron chi connectivity index (χ4n) is 0.443. The third kappa shape index (κ3) is 5.26. The Balaban J connectivity index is 3.92. The summed E-state index contributed by atoms with van der Waals surface area (Å²) < 4.78 is 4.75. The van der Waals surface area contributed by atoms with Crippen molar-refractivity contribution in [3.8, 4) is 0 Å². The number of hydrogen-bond acceptors (Lipinski definition) is 3. The third-order valence-corrected chi connectivity index (χ3v) is 0.868. The molecule has 0 aromatic heterocycles. The maximum Gasteiger partial charge on any atom is 0.311 e. The standard InChI is InChI=1S/C7H12N2O2/c1-3-4-8-7(11-2)9-5-6-10/h4,6H,3,5H2,1-2H3. The van der Waals surface area contributed by atoms with Crippen molar-refractivity contribution >= 4 is 18.5 Å². The van der Waals surface area contributed by atoms with Crippen LogP contribution in [-0.4, -0.2) is 32.2 Å². The Bertz CT molecular complexity index is 164. The number of nitrogens with zero attached hydrogens (tertiary/aromatic N) is 2. The summed E-state index contributed by atoms with van der Waals surface area (Å²) in [5.74, 6) is 0. The molecule has 0 saturated carbocycles. The van der Waals surface area contributed by atoms with Gasteiger partial charge >= 0.3 is 6.02 Å². The zero-order chi connectivity index (χ0) is 8.53. The smallest absolute Gasteiger partial charge is 0.311 e. The molecular weight excluding hydrogens is 144 g/mol. The SMILES string of the molecule is CCC=NC(=NCC=O)OC. The quantitative estimate of drug-likeness (QED) is 0.342. The second-order valence-corrected chi connectivity index (χ2v) is 1.71. The van der Waals surface area contributed by atoms with Crippen molar-refractivity contribution in [2.24, 2.45) is 9.98 Å². The van der Waals surface area contributed by atoms with E-state index in [9.17, 15) is 4.79 Å². The highest BCUT2D eigenvalue weighted by atomic mass is 16.5. The molecule has 0 amide bonds. The Kier molecular flexibility index (Phi) is 6.17. The number of methoxy groups -OCH3 is 1. The van der Waals surface area contributed by atoms with E-state index >= 15 is 0 Å². The van der Waals surface area contributed by atoms with E-state index in [0.29, 0.717) is 6.29 Å². The highest BCUT2D eigenvalue weighted by molar-refractivity contribution is 5.83. The summed E-state index contributed by atoms with van der Waals surface area (Å²) in [5, 5.41) is 0. The maximum absolute atomic E-state index is 9.88. The summed E-state index contributed by atoms with van der Waals surface area (Å²) in [6, 6.07) is 0.249. The molecule has 0 aromatic rings. The Hall–Kier alpha value is -1.19. The Morgan fingerprint density at radius 2 is 2.36 bits per heavy atom. The Labute approximate surface area is 66.0 Å². The predicted octanol–water partition coefficient (Wildman–Crippen LogP) is 0.669. The van der Waals surface area contributed by atoms with E-state index in [1.54, 1.807) is 6.21 Å². The van der Waals surface area contributed by atoms with Gasteiger partial charge in [-0.05, 0) is 6.42 Å². The first-order valence-electron chi connectivity index (χ1n) is 3.39. The second kappa shape index (κ2) is 6.92. The van der Waals surface area contributed by atoms with Crippen molar-refractivity contribution in [2.45, 2.75) is 13.3 Å². The first kappa shape index (κ1) is 9.81. The summed E-state index contributed by atoms with van der Waals surface area (Å²) in [4.78, 5) is 17.5. The van der Waals surface area contributed by atoms with Gasteiger partial charge < -0.3 is 9.53 Å². The molecule has 0 spiro atoms. The van der Waals surface area contributed by atoms with Gasteiger partial charge in [-0.25, -0.2) is 9.98 Å². The van der Waals surface area contributed by atoms with Crippen molar-refractivity contribution < 1.29 is 9.53 Å². The number of aliphatic imine (C=N–C) groups is 2. The van der Waals surface area contributed by atoms with Crippen LogP contribution in [0.1, 0.15) is 13.3 Å². The van der Waals surface area contributed by atoms with Gasteiger partial charge in [0, 0.05) is 6.21 Å². The summed E-state index contributed by atoms with van der Waals surface area (Å²) in [5.41, 5.74) is 0. The number of carbonyl (C=O) groups excluding carboxylic acids is 1. The zero-order valence-corrected chi connectivity index (χ0v) is 6.78. The van der Waals surface area contributed by atoms with Crippen molar-refractivity contribution in [1.82, 2.24) is 0 Å². The van der Waals surface area contributed by atoms with Gasteiger partial charge in [0.25, 0.3) is 0 Å². The molecule has 0 saturated heterocycles. The van der Waals surface area contributed by atoms with E-state index in [1.165, 1.54) is 7.11 Å². The van der Waals surface area contributed by atoms with Gasteiger partial charge in [-0.1, -0.05) is 6.92 Å². The first-order chi connectivity index (χ1) is 5.35. The molecule has 4 heteroatoms. The van der Waals surface area contributed by atoms with E-state index in [-0.39, 0.29) is 12.6 Å². The van der Waals surface area contributed by atoms with Crippen LogP contribution < -0.4 is 0 Å². The normalized spacial score (nSPS) is 12.0. The molecule has 0 aliphatic rings. The molecule has 0 rings (SSSR count). The molecule has 0 fully saturated rings. The van der Waals surface area contributed by atoms with Crippen LogP contribution in [0, 0.1) is 0 Å². The van der Waals surface area contributed by atoms with Gasteiger partial charge in [0.2, 0.25) is 0 Å². The van der Waals surface area contributed by atoms with Crippen LogP contribution >= 0.6 is 0 Å². The van der Waals surface area contributed by atoms with Crippen molar-refractivity contribution in [3.05, 3.63) is 0 Å². The second-order valence-electron chi connectivity index (χ2n) is 1.71. The van der Waals surface area contributed by atoms with Crippen molar-refractivity contribution in [2.75, 3.05) is 13.7 Å². The van der Waals surface area contributed by atoms with Crippen LogP contribution in [0.25, 0.3) is 0 Å². The Morgan fingerprint density at radius 3 is 2.82 bits per heavy atom. The molecule has 0 unspecified atom stereocenters. The lowest BCUT2D eigenvalue weighted by atomic mass is 10.5. The lowest BCUT2D eigenvalue weighted by molar-refractivity contribution is -0.106. The minimum absolute atomic E-state index is 0.101. The van der Waals surface area contributed by atoms with E-state index in [1.807, 2.05) is 6.92 Å². The molecule has 0 heterocycles. The molecule has 11 heavy (non-hydrogen) atoms. The van der Waals surface area contributed by atoms with Crippen LogP contribution in [0.3, 0.4) is 0 Å². The Morgan fingerprint density at radius 1 is 1.64 bits per heavy atom. The molecule has 62 valence electrons. The van der Waals surface area contributed by atoms with E-state index in [4.69, 9.17) is 4.74 Å². The number of ether oxygens (including phenoxy) is 1. The van der Waals surface area contributed by atoms with Crippen LogP contribution in [0.5, 0.6) is 0 Å². The van der Waals surface area contributed by atoms with Crippen LogP contribution in [0.15, 0.2) is 9.98 Å². The number of carbonyl (C=O) groups is 1.